The Bertz CT molecular complexity index is 1290. The fraction of sp³-hybridized carbons (Fsp3) is 0.438. The number of halogens is 1. The SMILES string of the molecule is Cc1nc(C)c(-c2ccc(OCC(C)(C)c3ccc(Cl)cc3)cc2)c(N2CCC(C)(C)CC2)c1CC(=O)O. The highest BCUT2D eigenvalue weighted by atomic mass is 35.5. The number of piperidine rings is 1. The zero-order valence-corrected chi connectivity index (χ0v) is 24.2. The largest absolute Gasteiger partial charge is 0.493 e. The molecule has 2 heterocycles. The van der Waals surface area contributed by atoms with Crippen LogP contribution in [0.2, 0.25) is 5.02 Å². The maximum absolute atomic E-state index is 11.8. The lowest BCUT2D eigenvalue weighted by Crippen LogP contribution is -2.38. The first-order valence-corrected chi connectivity index (χ1v) is 13.7. The van der Waals surface area contributed by atoms with E-state index in [-0.39, 0.29) is 11.8 Å². The predicted octanol–water partition coefficient (Wildman–Crippen LogP) is 7.63. The Morgan fingerprint density at radius 3 is 2.21 bits per heavy atom. The van der Waals surface area contributed by atoms with Crippen LogP contribution >= 0.6 is 11.6 Å². The van der Waals surface area contributed by atoms with Crippen molar-refractivity contribution in [2.45, 2.75) is 66.2 Å². The van der Waals surface area contributed by atoms with Gasteiger partial charge in [0.05, 0.1) is 18.7 Å². The minimum absolute atomic E-state index is 0.0394. The number of pyridine rings is 1. The van der Waals surface area contributed by atoms with Crippen molar-refractivity contribution in [1.82, 2.24) is 4.98 Å². The van der Waals surface area contributed by atoms with Crippen LogP contribution in [0.1, 0.15) is 63.1 Å². The number of benzene rings is 2. The fourth-order valence-electron chi connectivity index (χ4n) is 5.23. The van der Waals surface area contributed by atoms with Crippen LogP contribution in [0, 0.1) is 19.3 Å². The third-order valence-electron chi connectivity index (χ3n) is 7.79. The standard InChI is InChI=1S/C32H39ClN2O3/c1-21-27(19-28(36)37)30(35-17-15-31(3,4)16-18-35)29(22(2)34-21)23-7-13-26(14-8-23)38-20-32(5,6)24-9-11-25(33)12-10-24/h7-14H,15-20H2,1-6H3,(H,36,37). The molecule has 1 aliphatic rings. The highest BCUT2D eigenvalue weighted by molar-refractivity contribution is 6.30. The van der Waals surface area contributed by atoms with Gasteiger partial charge in [-0.15, -0.1) is 0 Å². The number of nitrogens with zero attached hydrogens (tertiary/aromatic N) is 2. The summed E-state index contributed by atoms with van der Waals surface area (Å²) in [5.41, 5.74) is 6.84. The molecule has 0 radical (unpaired) electrons. The molecular formula is C32H39ClN2O3. The lowest BCUT2D eigenvalue weighted by molar-refractivity contribution is -0.136. The predicted molar refractivity (Wildman–Crippen MR) is 156 cm³/mol. The van der Waals surface area contributed by atoms with Gasteiger partial charge in [0.15, 0.2) is 0 Å². The molecule has 5 nitrogen and oxygen atoms in total. The Labute approximate surface area is 231 Å². The summed E-state index contributed by atoms with van der Waals surface area (Å²) in [7, 11) is 0. The summed E-state index contributed by atoms with van der Waals surface area (Å²) in [6.45, 7) is 15.2. The third kappa shape index (κ3) is 6.32. The Morgan fingerprint density at radius 1 is 1.03 bits per heavy atom. The number of aromatic nitrogens is 1. The number of rotatable bonds is 8. The van der Waals surface area contributed by atoms with Gasteiger partial charge in [-0.05, 0) is 67.5 Å². The van der Waals surface area contributed by atoms with Crippen molar-refractivity contribution < 1.29 is 14.6 Å². The van der Waals surface area contributed by atoms with Gasteiger partial charge in [0.1, 0.15) is 5.75 Å². The number of ether oxygens (including phenoxy) is 1. The molecule has 6 heteroatoms. The van der Waals surface area contributed by atoms with E-state index in [0.717, 1.165) is 70.5 Å². The summed E-state index contributed by atoms with van der Waals surface area (Å²) >= 11 is 6.06. The van der Waals surface area contributed by atoms with Crippen molar-refractivity contribution in [2.24, 2.45) is 5.41 Å². The van der Waals surface area contributed by atoms with Gasteiger partial charge >= 0.3 is 5.97 Å². The van der Waals surface area contributed by atoms with Crippen molar-refractivity contribution in [2.75, 3.05) is 24.6 Å². The second-order valence-electron chi connectivity index (χ2n) is 11.9. The molecule has 2 aromatic carbocycles. The van der Waals surface area contributed by atoms with E-state index in [1.807, 2.05) is 50.2 Å². The van der Waals surface area contributed by atoms with E-state index in [1.165, 1.54) is 5.56 Å². The molecule has 0 unspecified atom stereocenters. The molecule has 38 heavy (non-hydrogen) atoms. The molecule has 0 spiro atoms. The summed E-state index contributed by atoms with van der Waals surface area (Å²) < 4.78 is 6.20. The van der Waals surface area contributed by atoms with E-state index >= 15 is 0 Å². The average Bonchev–Trinajstić information content (AvgIpc) is 2.85. The minimum Gasteiger partial charge on any atom is -0.493 e. The molecular weight excluding hydrogens is 496 g/mol. The van der Waals surface area contributed by atoms with E-state index in [9.17, 15) is 9.90 Å². The van der Waals surface area contributed by atoms with Crippen LogP contribution in [-0.2, 0) is 16.6 Å². The normalized spacial score (nSPS) is 15.4. The molecule has 202 valence electrons. The fourth-order valence-corrected chi connectivity index (χ4v) is 5.35. The van der Waals surface area contributed by atoms with Gasteiger partial charge in [0.25, 0.3) is 0 Å². The maximum atomic E-state index is 11.8. The second kappa shape index (κ2) is 11.0. The number of aryl methyl sites for hydroxylation is 2. The monoisotopic (exact) mass is 534 g/mol. The number of anilines is 1. The summed E-state index contributed by atoms with van der Waals surface area (Å²) in [6.07, 6.45) is 2.09. The zero-order valence-electron chi connectivity index (χ0n) is 23.4. The third-order valence-corrected chi connectivity index (χ3v) is 8.04. The zero-order chi connectivity index (χ0) is 27.7. The molecule has 1 aliphatic heterocycles. The number of hydrogen-bond acceptors (Lipinski definition) is 4. The molecule has 0 bridgehead atoms. The van der Waals surface area contributed by atoms with Crippen LogP contribution in [0.15, 0.2) is 48.5 Å². The number of aliphatic carboxylic acids is 1. The van der Waals surface area contributed by atoms with E-state index < -0.39 is 5.97 Å². The molecule has 0 atom stereocenters. The summed E-state index contributed by atoms with van der Waals surface area (Å²) in [5.74, 6) is -0.0455. The summed E-state index contributed by atoms with van der Waals surface area (Å²) in [6, 6.07) is 16.0. The molecule has 4 rings (SSSR count). The molecule has 0 saturated carbocycles. The Morgan fingerprint density at radius 2 is 1.63 bits per heavy atom. The Kier molecular flexibility index (Phi) is 8.08. The lowest BCUT2D eigenvalue weighted by Gasteiger charge is -2.40. The molecule has 1 saturated heterocycles. The van der Waals surface area contributed by atoms with E-state index in [1.54, 1.807) is 0 Å². The average molecular weight is 535 g/mol. The van der Waals surface area contributed by atoms with Crippen molar-refractivity contribution in [3.63, 3.8) is 0 Å². The van der Waals surface area contributed by atoms with Gasteiger partial charge < -0.3 is 14.7 Å². The molecule has 0 aliphatic carbocycles. The maximum Gasteiger partial charge on any atom is 0.307 e. The number of hydrogen-bond donors (Lipinski definition) is 1. The quantitative estimate of drug-likeness (QED) is 0.322. The summed E-state index contributed by atoms with van der Waals surface area (Å²) in [4.78, 5) is 19.0. The number of carbonyl (C=O) groups is 1. The van der Waals surface area contributed by atoms with Crippen LogP contribution in [0.4, 0.5) is 5.69 Å². The van der Waals surface area contributed by atoms with Crippen LogP contribution < -0.4 is 9.64 Å². The van der Waals surface area contributed by atoms with Gasteiger partial charge in [-0.25, -0.2) is 0 Å². The first kappa shape index (κ1) is 28.0. The van der Waals surface area contributed by atoms with E-state index in [2.05, 4.69) is 44.7 Å². The first-order chi connectivity index (χ1) is 17.9. The first-order valence-electron chi connectivity index (χ1n) is 13.3. The smallest absolute Gasteiger partial charge is 0.307 e. The minimum atomic E-state index is -0.838. The van der Waals surface area contributed by atoms with Gasteiger partial charge in [-0.1, -0.05) is 63.6 Å². The molecule has 1 fully saturated rings. The Hall–Kier alpha value is -3.05. The number of carboxylic acid groups (broad SMARTS) is 1. The second-order valence-corrected chi connectivity index (χ2v) is 12.3. The molecule has 3 aromatic rings. The van der Waals surface area contributed by atoms with Gasteiger partial charge in [-0.3, -0.25) is 9.78 Å². The van der Waals surface area contributed by atoms with Crippen molar-refractivity contribution >= 4 is 23.3 Å². The van der Waals surface area contributed by atoms with Crippen molar-refractivity contribution in [3.8, 4) is 16.9 Å². The molecule has 1 N–H and O–H groups in total. The van der Waals surface area contributed by atoms with Crippen molar-refractivity contribution in [1.29, 1.82) is 0 Å². The lowest BCUT2D eigenvalue weighted by atomic mass is 9.82. The van der Waals surface area contributed by atoms with Crippen molar-refractivity contribution in [3.05, 3.63) is 76.1 Å². The summed E-state index contributed by atoms with van der Waals surface area (Å²) in [5, 5.41) is 10.4. The van der Waals surface area contributed by atoms with Crippen LogP contribution in [0.3, 0.4) is 0 Å². The van der Waals surface area contributed by atoms with Crippen LogP contribution in [0.5, 0.6) is 5.75 Å². The Balaban J connectivity index is 1.64. The van der Waals surface area contributed by atoms with Crippen LogP contribution in [0.25, 0.3) is 11.1 Å². The van der Waals surface area contributed by atoms with Gasteiger partial charge in [-0.2, -0.15) is 0 Å². The molecule has 1 aromatic heterocycles. The van der Waals surface area contributed by atoms with Gasteiger partial charge in [0.2, 0.25) is 0 Å². The van der Waals surface area contributed by atoms with E-state index in [4.69, 9.17) is 21.3 Å². The topological polar surface area (TPSA) is 62.7 Å². The molecule has 0 amide bonds. The van der Waals surface area contributed by atoms with Crippen LogP contribution in [-0.4, -0.2) is 35.8 Å². The van der Waals surface area contributed by atoms with E-state index in [0.29, 0.717) is 12.0 Å². The highest BCUT2D eigenvalue weighted by Gasteiger charge is 2.30. The number of carboxylic acids is 1. The van der Waals surface area contributed by atoms with Gasteiger partial charge in [0, 0.05) is 46.0 Å². The highest BCUT2D eigenvalue weighted by Crippen LogP contribution is 2.42.